The second kappa shape index (κ2) is 3.84. The zero-order valence-electron chi connectivity index (χ0n) is 7.89. The Morgan fingerprint density at radius 2 is 2.29 bits per heavy atom. The minimum absolute atomic E-state index is 0.274. The van der Waals surface area contributed by atoms with Crippen LogP contribution in [0.2, 0.25) is 5.02 Å². The summed E-state index contributed by atoms with van der Waals surface area (Å²) in [6.45, 7) is 2.12. The minimum Gasteiger partial charge on any atom is -0.330 e. The number of halogens is 1. The van der Waals surface area contributed by atoms with Crippen molar-refractivity contribution in [2.45, 2.75) is 13.0 Å². The minimum atomic E-state index is 0.274. The van der Waals surface area contributed by atoms with E-state index in [-0.39, 0.29) is 6.04 Å². The molecule has 1 aromatic heterocycles. The van der Waals surface area contributed by atoms with Crippen molar-refractivity contribution in [2.75, 3.05) is 0 Å². The molecule has 14 heavy (non-hydrogen) atoms. The third-order valence-corrected chi connectivity index (χ3v) is 2.54. The van der Waals surface area contributed by atoms with Gasteiger partial charge in [-0.2, -0.15) is 0 Å². The predicted octanol–water partition coefficient (Wildman–Crippen LogP) is 3.15. The average Bonchev–Trinajstić information content (AvgIpc) is 2.69. The van der Waals surface area contributed by atoms with Crippen LogP contribution in [0.15, 0.2) is 43.0 Å². The highest BCUT2D eigenvalue weighted by molar-refractivity contribution is 6.30. The summed E-state index contributed by atoms with van der Waals surface area (Å²) in [7, 11) is 0. The summed E-state index contributed by atoms with van der Waals surface area (Å²) in [5, 5.41) is 0.773. The van der Waals surface area contributed by atoms with Crippen LogP contribution in [0.5, 0.6) is 0 Å². The Balaban J connectivity index is 2.32. The van der Waals surface area contributed by atoms with Crippen molar-refractivity contribution in [2.24, 2.45) is 0 Å². The van der Waals surface area contributed by atoms with E-state index in [0.717, 1.165) is 5.02 Å². The van der Waals surface area contributed by atoms with Gasteiger partial charge in [-0.05, 0) is 24.6 Å². The topological polar surface area (TPSA) is 17.8 Å². The Morgan fingerprint density at radius 3 is 2.93 bits per heavy atom. The van der Waals surface area contributed by atoms with Gasteiger partial charge in [-0.3, -0.25) is 0 Å². The summed E-state index contributed by atoms with van der Waals surface area (Å²) in [6, 6.07) is 8.16. The van der Waals surface area contributed by atoms with Gasteiger partial charge in [0.05, 0.1) is 12.4 Å². The largest absolute Gasteiger partial charge is 0.330 e. The molecule has 0 bridgehead atoms. The highest BCUT2D eigenvalue weighted by Gasteiger charge is 2.06. The quantitative estimate of drug-likeness (QED) is 0.738. The zero-order chi connectivity index (χ0) is 9.97. The third-order valence-electron chi connectivity index (χ3n) is 2.30. The first-order chi connectivity index (χ1) is 6.77. The number of rotatable bonds is 2. The second-order valence-electron chi connectivity index (χ2n) is 3.24. The van der Waals surface area contributed by atoms with E-state index >= 15 is 0 Å². The predicted molar refractivity (Wildman–Crippen MR) is 57.5 cm³/mol. The van der Waals surface area contributed by atoms with E-state index in [1.54, 1.807) is 6.20 Å². The van der Waals surface area contributed by atoms with E-state index < -0.39 is 0 Å². The lowest BCUT2D eigenvalue weighted by Crippen LogP contribution is -2.03. The van der Waals surface area contributed by atoms with Crippen molar-refractivity contribution in [3.63, 3.8) is 0 Å². The van der Waals surface area contributed by atoms with Gasteiger partial charge in [-0.15, -0.1) is 0 Å². The Morgan fingerprint density at radius 1 is 1.43 bits per heavy atom. The molecule has 2 aromatic rings. The molecule has 1 atom stereocenters. The molecule has 0 aliphatic rings. The molecule has 72 valence electrons. The zero-order valence-corrected chi connectivity index (χ0v) is 8.65. The third kappa shape index (κ3) is 1.80. The van der Waals surface area contributed by atoms with Gasteiger partial charge in [0.15, 0.2) is 0 Å². The van der Waals surface area contributed by atoms with Gasteiger partial charge in [-0.1, -0.05) is 23.7 Å². The standard InChI is InChI=1S/C11H11ClN2/c1-9(14-6-5-13-8-14)10-3-2-4-11(12)7-10/h2-9H,1H3. The van der Waals surface area contributed by atoms with Gasteiger partial charge in [0.25, 0.3) is 0 Å². The molecule has 1 unspecified atom stereocenters. The molecule has 0 fully saturated rings. The number of hydrogen-bond acceptors (Lipinski definition) is 1. The first-order valence-electron chi connectivity index (χ1n) is 4.50. The Hall–Kier alpha value is -1.28. The maximum Gasteiger partial charge on any atom is 0.0951 e. The van der Waals surface area contributed by atoms with Gasteiger partial charge >= 0.3 is 0 Å². The van der Waals surface area contributed by atoms with E-state index in [9.17, 15) is 0 Å². The van der Waals surface area contributed by atoms with Crippen LogP contribution in [-0.4, -0.2) is 9.55 Å². The Labute approximate surface area is 88.2 Å². The maximum atomic E-state index is 5.93. The van der Waals surface area contributed by atoms with E-state index in [1.807, 2.05) is 35.3 Å². The lowest BCUT2D eigenvalue weighted by atomic mass is 10.1. The summed E-state index contributed by atoms with van der Waals surface area (Å²) < 4.78 is 2.05. The first kappa shape index (κ1) is 9.28. The van der Waals surface area contributed by atoms with Crippen LogP contribution >= 0.6 is 11.6 Å². The van der Waals surface area contributed by atoms with E-state index in [1.165, 1.54) is 5.56 Å². The molecule has 0 spiro atoms. The molecule has 0 N–H and O–H groups in total. The number of hydrogen-bond donors (Lipinski definition) is 0. The molecule has 1 heterocycles. The van der Waals surface area contributed by atoms with Gasteiger partial charge in [0.2, 0.25) is 0 Å². The van der Waals surface area contributed by atoms with Crippen LogP contribution < -0.4 is 0 Å². The highest BCUT2D eigenvalue weighted by Crippen LogP contribution is 2.20. The van der Waals surface area contributed by atoms with Gasteiger partial charge in [0, 0.05) is 17.4 Å². The van der Waals surface area contributed by atoms with Gasteiger partial charge < -0.3 is 4.57 Å². The molecule has 2 nitrogen and oxygen atoms in total. The van der Waals surface area contributed by atoms with Crippen molar-refractivity contribution in [1.29, 1.82) is 0 Å². The van der Waals surface area contributed by atoms with Crippen molar-refractivity contribution < 1.29 is 0 Å². The van der Waals surface area contributed by atoms with Crippen LogP contribution in [0.25, 0.3) is 0 Å². The first-order valence-corrected chi connectivity index (χ1v) is 4.88. The molecule has 0 saturated carbocycles. The molecule has 0 amide bonds. The Kier molecular flexibility index (Phi) is 2.55. The molecule has 0 radical (unpaired) electrons. The number of imidazole rings is 1. The van der Waals surface area contributed by atoms with Crippen molar-refractivity contribution in [1.82, 2.24) is 9.55 Å². The van der Waals surface area contributed by atoms with Crippen molar-refractivity contribution >= 4 is 11.6 Å². The van der Waals surface area contributed by atoms with Crippen LogP contribution in [0.3, 0.4) is 0 Å². The van der Waals surface area contributed by atoms with Crippen LogP contribution in [0, 0.1) is 0 Å². The fraction of sp³-hybridized carbons (Fsp3) is 0.182. The fourth-order valence-corrected chi connectivity index (χ4v) is 1.64. The molecule has 1 aromatic carbocycles. The Bertz CT molecular complexity index is 409. The number of aromatic nitrogens is 2. The van der Waals surface area contributed by atoms with E-state index in [4.69, 9.17) is 11.6 Å². The summed E-state index contributed by atoms with van der Waals surface area (Å²) in [6.07, 6.45) is 5.54. The highest BCUT2D eigenvalue weighted by atomic mass is 35.5. The lowest BCUT2D eigenvalue weighted by Gasteiger charge is -2.13. The molecule has 2 rings (SSSR count). The van der Waals surface area contributed by atoms with Gasteiger partial charge in [-0.25, -0.2) is 4.98 Å². The van der Waals surface area contributed by atoms with Gasteiger partial charge in [0.1, 0.15) is 0 Å². The monoisotopic (exact) mass is 206 g/mol. The molecule has 3 heteroatoms. The number of benzene rings is 1. The molecule has 0 aliphatic heterocycles. The van der Waals surface area contributed by atoms with Crippen LogP contribution in [0.1, 0.15) is 18.5 Å². The molecular weight excluding hydrogens is 196 g/mol. The van der Waals surface area contributed by atoms with Crippen molar-refractivity contribution in [3.05, 3.63) is 53.6 Å². The fourth-order valence-electron chi connectivity index (χ4n) is 1.44. The lowest BCUT2D eigenvalue weighted by molar-refractivity contribution is 0.638. The number of nitrogens with zero attached hydrogens (tertiary/aromatic N) is 2. The maximum absolute atomic E-state index is 5.93. The van der Waals surface area contributed by atoms with E-state index in [0.29, 0.717) is 0 Å². The SMILES string of the molecule is CC(c1cccc(Cl)c1)n1ccnc1. The van der Waals surface area contributed by atoms with Crippen LogP contribution in [-0.2, 0) is 0 Å². The average molecular weight is 207 g/mol. The summed E-state index contributed by atoms with van der Waals surface area (Å²) >= 11 is 5.93. The summed E-state index contributed by atoms with van der Waals surface area (Å²) in [5.74, 6) is 0. The smallest absolute Gasteiger partial charge is 0.0951 e. The second-order valence-corrected chi connectivity index (χ2v) is 3.68. The molecule has 0 saturated heterocycles. The summed E-state index contributed by atoms with van der Waals surface area (Å²) in [5.41, 5.74) is 1.19. The summed E-state index contributed by atoms with van der Waals surface area (Å²) in [4.78, 5) is 4.02. The van der Waals surface area contributed by atoms with E-state index in [2.05, 4.69) is 18.0 Å². The molecular formula is C11H11ClN2. The molecule has 0 aliphatic carbocycles. The van der Waals surface area contributed by atoms with Crippen molar-refractivity contribution in [3.8, 4) is 0 Å². The normalized spacial score (nSPS) is 12.7. The van der Waals surface area contributed by atoms with Crippen LogP contribution in [0.4, 0.5) is 0 Å².